The highest BCUT2D eigenvalue weighted by atomic mass is 28.4. The molecule has 17 heteroatoms. The Morgan fingerprint density at radius 3 is 1.96 bits per heavy atom. The van der Waals surface area contributed by atoms with Crippen molar-refractivity contribution < 1.29 is 66.4 Å². The van der Waals surface area contributed by atoms with Crippen LogP contribution in [0.4, 0.5) is 4.79 Å². The van der Waals surface area contributed by atoms with Gasteiger partial charge in [0.1, 0.15) is 35.6 Å². The number of alkyl carbamates (subject to hydrolysis) is 1. The second kappa shape index (κ2) is 23.8. The monoisotopic (exact) mass is 1090 g/mol. The molecular formula is C59H87NO14Si2. The molecule has 2 bridgehead atoms. The molecule has 15 nitrogen and oxygen atoms in total. The average Bonchev–Trinajstić information content (AvgIpc) is 3.43. The highest BCUT2D eigenvalue weighted by molar-refractivity contribution is 6.74. The Kier molecular flexibility index (Phi) is 19.1. The molecule has 76 heavy (non-hydrogen) atoms. The van der Waals surface area contributed by atoms with Crippen molar-refractivity contribution in [3.05, 3.63) is 95.6 Å². The summed E-state index contributed by atoms with van der Waals surface area (Å²) < 4.78 is 53.8. The largest absolute Gasteiger partial charge is 0.456 e. The molecule has 11 atom stereocenters. The topological polar surface area (TPSA) is 191 Å². The van der Waals surface area contributed by atoms with Crippen LogP contribution >= 0.6 is 0 Å². The molecule has 6 rings (SSSR count). The van der Waals surface area contributed by atoms with Crippen LogP contribution in [0.25, 0.3) is 0 Å². The smallest absolute Gasteiger partial charge is 0.408 e. The van der Waals surface area contributed by atoms with E-state index in [4.69, 9.17) is 37.3 Å². The van der Waals surface area contributed by atoms with Crippen LogP contribution in [0.2, 0.25) is 36.3 Å². The highest BCUT2D eigenvalue weighted by Crippen LogP contribution is 2.65. The summed E-state index contributed by atoms with van der Waals surface area (Å²) in [5.41, 5.74) is -6.44. The molecule has 1 amide bonds. The fourth-order valence-corrected chi connectivity index (χ4v) is 18.4. The number of benzene rings is 2. The van der Waals surface area contributed by atoms with E-state index in [0.717, 1.165) is 18.1 Å². The zero-order valence-electron chi connectivity index (χ0n) is 47.7. The lowest BCUT2D eigenvalue weighted by atomic mass is 9.44. The maximum atomic E-state index is 16.7. The van der Waals surface area contributed by atoms with E-state index in [1.54, 1.807) is 116 Å². The van der Waals surface area contributed by atoms with E-state index < -0.39 is 123 Å². The Balaban J connectivity index is 1.66. The van der Waals surface area contributed by atoms with E-state index >= 15 is 9.59 Å². The van der Waals surface area contributed by atoms with E-state index in [0.29, 0.717) is 34.8 Å². The number of fused-ring (bicyclic) bond motifs is 5. The number of carbonyl (C=O) groups is 5. The molecule has 2 aromatic rings. The quantitative estimate of drug-likeness (QED) is 0.0490. The van der Waals surface area contributed by atoms with Crippen LogP contribution in [-0.4, -0.2) is 118 Å². The molecule has 3 fully saturated rings. The van der Waals surface area contributed by atoms with Crippen molar-refractivity contribution in [3.63, 3.8) is 0 Å². The molecule has 420 valence electrons. The number of esters is 3. The van der Waals surface area contributed by atoms with Gasteiger partial charge in [0.25, 0.3) is 0 Å². The van der Waals surface area contributed by atoms with Crippen molar-refractivity contribution in [1.82, 2.24) is 5.32 Å². The number of aliphatic hydroxyl groups is 1. The van der Waals surface area contributed by atoms with Gasteiger partial charge in [-0.3, -0.25) is 9.59 Å². The SMILES string of the molecule is C=CCO[C@H]1C(=O)[C@]2(C)[C@@H](O[Si](CC)(CC)CC)C[C@H]3OC[C@@]3(OC(=O)CC)[C@H]2[C@H](OC(=O)c2ccccc2)[C@]2(O)C[C@H](OC(=O)[C@H](O[Si](CC)(CC)CC)[C@@H](NC(=O)OC(C)(C)C)c3ccccc3)C(C)=C1C2(C)C. The van der Waals surface area contributed by atoms with Crippen LogP contribution in [0, 0.1) is 16.7 Å². The van der Waals surface area contributed by atoms with E-state index in [1.807, 2.05) is 26.8 Å². The van der Waals surface area contributed by atoms with E-state index in [2.05, 4.69) is 32.7 Å². The first kappa shape index (κ1) is 60.7. The van der Waals surface area contributed by atoms with Gasteiger partial charge in [-0.1, -0.05) is 117 Å². The fourth-order valence-electron chi connectivity index (χ4n) is 12.7. The Labute approximate surface area is 453 Å². The van der Waals surface area contributed by atoms with E-state index in [9.17, 15) is 19.5 Å². The zero-order chi connectivity index (χ0) is 56.2. The van der Waals surface area contributed by atoms with E-state index in [1.165, 1.54) is 0 Å². The summed E-state index contributed by atoms with van der Waals surface area (Å²) in [6, 6.07) is 20.4. The molecule has 4 aliphatic rings. The van der Waals surface area contributed by atoms with Crippen molar-refractivity contribution in [2.45, 2.75) is 212 Å². The summed E-state index contributed by atoms with van der Waals surface area (Å²) in [5.74, 6) is -3.97. The molecule has 3 aliphatic carbocycles. The molecular weight excluding hydrogens is 1000 g/mol. The van der Waals surface area contributed by atoms with Crippen LogP contribution in [0.15, 0.2) is 84.5 Å². The summed E-state index contributed by atoms with van der Waals surface area (Å²) in [6.45, 7) is 30.1. The third-order valence-corrected chi connectivity index (χ3v) is 27.0. The molecule has 0 spiro atoms. The maximum absolute atomic E-state index is 16.7. The van der Waals surface area contributed by atoms with Crippen molar-refractivity contribution in [3.8, 4) is 0 Å². The van der Waals surface area contributed by atoms with Gasteiger partial charge in [-0.15, -0.1) is 6.58 Å². The molecule has 1 saturated heterocycles. The van der Waals surface area contributed by atoms with Gasteiger partial charge in [-0.25, -0.2) is 14.4 Å². The zero-order valence-corrected chi connectivity index (χ0v) is 49.7. The third-order valence-electron chi connectivity index (χ3n) is 17.8. The number of amides is 1. The lowest BCUT2D eigenvalue weighted by Crippen LogP contribution is -2.82. The number of ether oxygens (including phenoxy) is 6. The third kappa shape index (κ3) is 11.4. The number of rotatable bonds is 22. The summed E-state index contributed by atoms with van der Waals surface area (Å²) in [5, 5.41) is 17.5. The molecule has 0 unspecified atom stereocenters. The molecule has 2 aromatic carbocycles. The summed E-state index contributed by atoms with van der Waals surface area (Å²) >= 11 is 0. The van der Waals surface area contributed by atoms with Crippen LogP contribution in [-0.2, 0) is 51.7 Å². The van der Waals surface area contributed by atoms with Crippen LogP contribution in [0.3, 0.4) is 0 Å². The van der Waals surface area contributed by atoms with Crippen LogP contribution < -0.4 is 5.32 Å². The lowest BCUT2D eigenvalue weighted by Gasteiger charge is -2.68. The number of nitrogens with one attached hydrogen (secondary N) is 1. The van der Waals surface area contributed by atoms with Gasteiger partial charge >= 0.3 is 24.0 Å². The summed E-state index contributed by atoms with van der Waals surface area (Å²) in [6.07, 6.45) is -6.98. The molecule has 1 heterocycles. The Bertz CT molecular complexity index is 2420. The van der Waals surface area contributed by atoms with Gasteiger partial charge < -0.3 is 47.7 Å². The second-order valence-corrected chi connectivity index (χ2v) is 32.5. The minimum absolute atomic E-state index is 0.0169. The molecule has 2 saturated carbocycles. The first-order chi connectivity index (χ1) is 35.8. The Hall–Kier alpha value is -4.50. The molecule has 2 N–H and O–H groups in total. The van der Waals surface area contributed by atoms with Gasteiger partial charge in [0.2, 0.25) is 0 Å². The Morgan fingerprint density at radius 2 is 1.45 bits per heavy atom. The maximum Gasteiger partial charge on any atom is 0.408 e. The van der Waals surface area contributed by atoms with Crippen molar-refractivity contribution in [2.75, 3.05) is 13.2 Å². The van der Waals surface area contributed by atoms with Crippen LogP contribution in [0.5, 0.6) is 0 Å². The van der Waals surface area contributed by atoms with Crippen molar-refractivity contribution in [2.24, 2.45) is 16.7 Å². The van der Waals surface area contributed by atoms with Gasteiger partial charge in [0, 0.05) is 24.7 Å². The average molecular weight is 1090 g/mol. The first-order valence-electron chi connectivity index (χ1n) is 27.7. The van der Waals surface area contributed by atoms with Gasteiger partial charge in [0.05, 0.1) is 42.3 Å². The number of hydrogen-bond donors (Lipinski definition) is 2. The van der Waals surface area contributed by atoms with E-state index in [-0.39, 0.29) is 38.0 Å². The number of ketones is 1. The highest BCUT2D eigenvalue weighted by Gasteiger charge is 2.79. The van der Waals surface area contributed by atoms with Crippen LogP contribution in [0.1, 0.15) is 138 Å². The number of hydrogen-bond acceptors (Lipinski definition) is 14. The predicted molar refractivity (Wildman–Crippen MR) is 294 cm³/mol. The van der Waals surface area contributed by atoms with Gasteiger partial charge in [0.15, 0.2) is 34.1 Å². The normalized spacial score (nSPS) is 29.0. The molecule has 0 aromatic heterocycles. The number of carbonyl (C=O) groups excluding carboxylic acids is 5. The number of Topliss-reactive ketones (excluding diaryl/α,β-unsaturated/α-hetero) is 1. The summed E-state index contributed by atoms with van der Waals surface area (Å²) in [4.78, 5) is 75.2. The van der Waals surface area contributed by atoms with Crippen molar-refractivity contribution in [1.29, 1.82) is 0 Å². The van der Waals surface area contributed by atoms with Gasteiger partial charge in [-0.05, 0) is 99.7 Å². The van der Waals surface area contributed by atoms with Gasteiger partial charge in [-0.2, -0.15) is 0 Å². The molecule has 1 aliphatic heterocycles. The Morgan fingerprint density at radius 1 is 0.868 bits per heavy atom. The minimum Gasteiger partial charge on any atom is -0.456 e. The summed E-state index contributed by atoms with van der Waals surface area (Å²) in [7, 11) is -5.33. The van der Waals surface area contributed by atoms with Crippen molar-refractivity contribution >= 4 is 46.4 Å². The lowest BCUT2D eigenvalue weighted by molar-refractivity contribution is -0.345. The first-order valence-corrected chi connectivity index (χ1v) is 32.8. The fraction of sp³-hybridized carbons (Fsp3) is 0.644. The predicted octanol–water partition coefficient (Wildman–Crippen LogP) is 10.9. The second-order valence-electron chi connectivity index (χ2n) is 23.1. The standard InChI is InChI=1S/C59H87NO14Si2/c1-16-34-67-47-45-38(9)41(69-53(64)48(74-76(21-6,22-7)23-8)46(39-30-26-24-27-31-39)60-54(65)72-55(10,11)12)36-59(66,56(45,13)14)51(70-52(63)40-32-28-25-29-33-40)49-57(15,50(47)62)42(73-75(18-3,19-4)20-5)35-43-58(49,37-68-43)71-44(61)17-2/h16,24-33,41-43,46-49,51,66H,1,17-23,34-37H2,2-15H3,(H,60,65)/t41-,42-,43+,46-,47+,48+,49-,51-,57+,58-,59+/m0/s1. The molecule has 0 radical (unpaired) electrons. The minimum atomic E-state index is -2.73.